The Labute approximate surface area is 158 Å². The van der Waals surface area contributed by atoms with Gasteiger partial charge in [-0.1, -0.05) is 12.1 Å². The number of nitrogens with one attached hydrogen (secondary N) is 1. The molecule has 2 aromatic carbocycles. The van der Waals surface area contributed by atoms with Crippen LogP contribution in [0.25, 0.3) is 0 Å². The summed E-state index contributed by atoms with van der Waals surface area (Å²) in [6.45, 7) is 5.32. The minimum absolute atomic E-state index is 0.0335. The lowest BCUT2D eigenvalue weighted by molar-refractivity contribution is -0.118. The number of hydrogen-bond acceptors (Lipinski definition) is 2. The molecule has 2 fully saturated rings. The van der Waals surface area contributed by atoms with Gasteiger partial charge in [0.2, 0.25) is 5.91 Å². The van der Waals surface area contributed by atoms with Crippen molar-refractivity contribution < 1.29 is 14.0 Å². The van der Waals surface area contributed by atoms with Gasteiger partial charge < -0.3 is 10.2 Å². The number of carbonyl (C=O) groups excluding carboxylic acids is 2. The van der Waals surface area contributed by atoms with Gasteiger partial charge in [0, 0.05) is 35.7 Å². The summed E-state index contributed by atoms with van der Waals surface area (Å²) in [6.07, 6.45) is 1.62. The Bertz CT molecular complexity index is 926. The number of halogens is 1. The first-order chi connectivity index (χ1) is 12.9. The Morgan fingerprint density at radius 2 is 1.96 bits per heavy atom. The van der Waals surface area contributed by atoms with Crippen molar-refractivity contribution in [3.05, 3.63) is 65.0 Å². The van der Waals surface area contributed by atoms with Crippen molar-refractivity contribution in [3.8, 4) is 0 Å². The maximum atomic E-state index is 13.3. The normalized spacial score (nSPS) is 23.5. The first-order valence-corrected chi connectivity index (χ1v) is 9.31. The minimum atomic E-state index is -0.371. The molecular formula is C22H23FN2O2. The van der Waals surface area contributed by atoms with Gasteiger partial charge in [0.15, 0.2) is 0 Å². The third kappa shape index (κ3) is 3.34. The Morgan fingerprint density at radius 1 is 1.15 bits per heavy atom. The molecule has 1 spiro atoms. The molecule has 140 valence electrons. The van der Waals surface area contributed by atoms with E-state index < -0.39 is 0 Å². The van der Waals surface area contributed by atoms with Crippen molar-refractivity contribution in [1.82, 2.24) is 4.90 Å². The maximum Gasteiger partial charge on any atom is 0.253 e. The molecule has 1 saturated carbocycles. The molecule has 0 aromatic heterocycles. The molecule has 27 heavy (non-hydrogen) atoms. The Balaban J connectivity index is 1.40. The number of nitrogens with zero attached hydrogens (tertiary/aromatic N) is 1. The highest BCUT2D eigenvalue weighted by atomic mass is 19.1. The van der Waals surface area contributed by atoms with E-state index in [4.69, 9.17) is 0 Å². The SMILES string of the molecule is Cc1ccc(C(=O)N2CC[C@@]3(C[C@H]3C(=O)Nc3cccc(F)c3)C2)cc1C. The fraction of sp³-hybridized carbons (Fsp3) is 0.364. The fourth-order valence-electron chi connectivity index (χ4n) is 4.09. The van der Waals surface area contributed by atoms with Crippen LogP contribution in [0.3, 0.4) is 0 Å². The number of hydrogen-bond donors (Lipinski definition) is 1. The molecule has 0 radical (unpaired) electrons. The van der Waals surface area contributed by atoms with Gasteiger partial charge in [0.1, 0.15) is 5.82 Å². The van der Waals surface area contributed by atoms with Crippen molar-refractivity contribution in [3.63, 3.8) is 0 Å². The second-order valence-corrected chi connectivity index (χ2v) is 7.89. The van der Waals surface area contributed by atoms with Crippen molar-refractivity contribution in [1.29, 1.82) is 0 Å². The average Bonchev–Trinajstić information content (AvgIpc) is 3.17. The van der Waals surface area contributed by atoms with Gasteiger partial charge >= 0.3 is 0 Å². The second kappa shape index (κ2) is 6.48. The topological polar surface area (TPSA) is 49.4 Å². The van der Waals surface area contributed by atoms with Crippen LogP contribution in [0.2, 0.25) is 0 Å². The lowest BCUT2D eigenvalue weighted by Gasteiger charge is -2.17. The van der Waals surface area contributed by atoms with Crippen LogP contribution in [-0.2, 0) is 4.79 Å². The molecule has 2 aliphatic rings. The molecule has 4 rings (SSSR count). The summed E-state index contributed by atoms with van der Waals surface area (Å²) < 4.78 is 13.3. The third-order valence-electron chi connectivity index (χ3n) is 6.02. The van der Waals surface area contributed by atoms with E-state index in [9.17, 15) is 14.0 Å². The molecular weight excluding hydrogens is 343 g/mol. The van der Waals surface area contributed by atoms with E-state index in [-0.39, 0.29) is 29.0 Å². The van der Waals surface area contributed by atoms with Gasteiger partial charge in [-0.05, 0) is 68.1 Å². The molecule has 1 heterocycles. The van der Waals surface area contributed by atoms with E-state index in [1.807, 2.05) is 36.9 Å². The first-order valence-electron chi connectivity index (χ1n) is 9.31. The summed E-state index contributed by atoms with van der Waals surface area (Å²) in [5.41, 5.74) is 3.33. The standard InChI is InChI=1S/C22H23FN2O2/c1-14-6-7-16(10-15(14)2)21(27)25-9-8-22(13-25)12-19(22)20(26)24-18-5-3-4-17(23)11-18/h3-7,10-11,19H,8-9,12-13H2,1-2H3,(H,24,26)/t19-,22+/m0/s1. The maximum absolute atomic E-state index is 13.3. The van der Waals surface area contributed by atoms with Gasteiger partial charge in [0.05, 0.1) is 0 Å². The predicted octanol–water partition coefficient (Wildman–Crippen LogP) is 3.93. The summed E-state index contributed by atoms with van der Waals surface area (Å²) in [6, 6.07) is 11.7. The highest BCUT2D eigenvalue weighted by molar-refractivity contribution is 5.97. The summed E-state index contributed by atoms with van der Waals surface area (Å²) in [5.74, 6) is -0.532. The van der Waals surface area contributed by atoms with Crippen LogP contribution < -0.4 is 5.32 Å². The van der Waals surface area contributed by atoms with Crippen molar-refractivity contribution in [2.45, 2.75) is 26.7 Å². The summed E-state index contributed by atoms with van der Waals surface area (Å²) >= 11 is 0. The summed E-state index contributed by atoms with van der Waals surface area (Å²) in [7, 11) is 0. The van der Waals surface area contributed by atoms with Gasteiger partial charge in [0.25, 0.3) is 5.91 Å². The molecule has 4 nitrogen and oxygen atoms in total. The highest BCUT2D eigenvalue weighted by Gasteiger charge is 2.61. The van der Waals surface area contributed by atoms with Crippen LogP contribution in [0.15, 0.2) is 42.5 Å². The van der Waals surface area contributed by atoms with E-state index in [0.29, 0.717) is 24.3 Å². The zero-order valence-electron chi connectivity index (χ0n) is 15.6. The van der Waals surface area contributed by atoms with Crippen molar-refractivity contribution in [2.24, 2.45) is 11.3 Å². The Hall–Kier alpha value is -2.69. The zero-order chi connectivity index (χ0) is 19.2. The lowest BCUT2D eigenvalue weighted by Crippen LogP contribution is -2.30. The molecule has 0 bridgehead atoms. The number of likely N-dealkylation sites (tertiary alicyclic amines) is 1. The van der Waals surface area contributed by atoms with Crippen molar-refractivity contribution in [2.75, 3.05) is 18.4 Å². The van der Waals surface area contributed by atoms with Gasteiger partial charge in [-0.3, -0.25) is 9.59 Å². The molecule has 1 aliphatic heterocycles. The van der Waals surface area contributed by atoms with Crippen LogP contribution in [0.4, 0.5) is 10.1 Å². The second-order valence-electron chi connectivity index (χ2n) is 7.89. The van der Waals surface area contributed by atoms with E-state index in [1.54, 1.807) is 12.1 Å². The van der Waals surface area contributed by atoms with Gasteiger partial charge in [-0.15, -0.1) is 0 Å². The van der Waals surface area contributed by atoms with Crippen LogP contribution >= 0.6 is 0 Å². The quantitative estimate of drug-likeness (QED) is 0.895. The molecule has 5 heteroatoms. The zero-order valence-corrected chi connectivity index (χ0v) is 15.6. The molecule has 2 aromatic rings. The summed E-state index contributed by atoms with van der Waals surface area (Å²) in [4.78, 5) is 27.2. The molecule has 1 saturated heterocycles. The molecule has 1 aliphatic carbocycles. The Morgan fingerprint density at radius 3 is 2.70 bits per heavy atom. The highest BCUT2D eigenvalue weighted by Crippen LogP contribution is 2.58. The van der Waals surface area contributed by atoms with E-state index in [0.717, 1.165) is 18.4 Å². The third-order valence-corrected chi connectivity index (χ3v) is 6.02. The van der Waals surface area contributed by atoms with Crippen LogP contribution in [-0.4, -0.2) is 29.8 Å². The monoisotopic (exact) mass is 366 g/mol. The largest absolute Gasteiger partial charge is 0.338 e. The number of benzene rings is 2. The molecule has 1 N–H and O–H groups in total. The van der Waals surface area contributed by atoms with Gasteiger partial charge in [-0.25, -0.2) is 4.39 Å². The predicted molar refractivity (Wildman–Crippen MR) is 102 cm³/mol. The lowest BCUT2D eigenvalue weighted by atomic mass is 10.0. The van der Waals surface area contributed by atoms with Crippen LogP contribution in [0, 0.1) is 31.0 Å². The van der Waals surface area contributed by atoms with E-state index in [2.05, 4.69) is 5.32 Å². The number of carbonyl (C=O) groups is 2. The number of amides is 2. The average molecular weight is 366 g/mol. The van der Waals surface area contributed by atoms with E-state index in [1.165, 1.54) is 17.7 Å². The molecule has 2 atom stereocenters. The van der Waals surface area contributed by atoms with Gasteiger partial charge in [-0.2, -0.15) is 0 Å². The van der Waals surface area contributed by atoms with Crippen LogP contribution in [0.5, 0.6) is 0 Å². The first kappa shape index (κ1) is 17.7. The number of aryl methyl sites for hydroxylation is 2. The fourth-order valence-corrected chi connectivity index (χ4v) is 4.09. The molecule has 0 unspecified atom stereocenters. The Kier molecular flexibility index (Phi) is 4.25. The van der Waals surface area contributed by atoms with E-state index >= 15 is 0 Å². The van der Waals surface area contributed by atoms with Crippen LogP contribution in [0.1, 0.15) is 34.3 Å². The summed E-state index contributed by atoms with van der Waals surface area (Å²) in [5, 5.41) is 2.80. The number of anilines is 1. The minimum Gasteiger partial charge on any atom is -0.338 e. The smallest absolute Gasteiger partial charge is 0.253 e. The molecule has 2 amide bonds. The number of rotatable bonds is 3. The van der Waals surface area contributed by atoms with Crippen molar-refractivity contribution >= 4 is 17.5 Å².